The van der Waals surface area contributed by atoms with Crippen LogP contribution in [0.25, 0.3) is 0 Å². The summed E-state index contributed by atoms with van der Waals surface area (Å²) in [6.45, 7) is 5.10. The van der Waals surface area contributed by atoms with Gasteiger partial charge in [-0.1, -0.05) is 22.9 Å². The first-order valence-electron chi connectivity index (χ1n) is 4.61. The minimum Gasteiger partial charge on any atom is -0.339 e. The Bertz CT molecular complexity index is 172. The van der Waals surface area contributed by atoms with Gasteiger partial charge in [0.25, 0.3) is 0 Å². The zero-order valence-electron chi connectivity index (χ0n) is 7.72. The molecule has 2 atom stereocenters. The number of nitrogens with zero attached hydrogens (tertiary/aromatic N) is 1. The van der Waals surface area contributed by atoms with Gasteiger partial charge in [-0.25, -0.2) is 0 Å². The van der Waals surface area contributed by atoms with Gasteiger partial charge in [0.2, 0.25) is 5.91 Å². The van der Waals surface area contributed by atoms with Crippen LogP contribution in [0.4, 0.5) is 0 Å². The summed E-state index contributed by atoms with van der Waals surface area (Å²) in [7, 11) is 0. The molecule has 0 aliphatic carbocycles. The summed E-state index contributed by atoms with van der Waals surface area (Å²) in [5.41, 5.74) is 0. The molecule has 0 N–H and O–H groups in total. The van der Waals surface area contributed by atoms with Crippen LogP contribution in [0.2, 0.25) is 0 Å². The Morgan fingerprint density at radius 3 is 2.83 bits per heavy atom. The largest absolute Gasteiger partial charge is 0.339 e. The molecule has 0 aromatic carbocycles. The second-order valence-corrected chi connectivity index (χ2v) is 4.50. The van der Waals surface area contributed by atoms with Crippen molar-refractivity contribution in [2.75, 3.05) is 6.54 Å². The van der Waals surface area contributed by atoms with Gasteiger partial charge in [0.05, 0.1) is 4.83 Å². The van der Waals surface area contributed by atoms with Crippen LogP contribution in [0.5, 0.6) is 0 Å². The highest BCUT2D eigenvalue weighted by Crippen LogP contribution is 2.20. The number of likely N-dealkylation sites (tertiary alicyclic amines) is 1. The van der Waals surface area contributed by atoms with Crippen molar-refractivity contribution in [3.05, 3.63) is 0 Å². The number of amides is 1. The van der Waals surface area contributed by atoms with Crippen molar-refractivity contribution in [3.8, 4) is 0 Å². The molecule has 0 aromatic rings. The van der Waals surface area contributed by atoms with Crippen molar-refractivity contribution in [1.82, 2.24) is 4.90 Å². The minimum atomic E-state index is 0.0260. The van der Waals surface area contributed by atoms with Gasteiger partial charge in [0, 0.05) is 12.6 Å². The van der Waals surface area contributed by atoms with Crippen molar-refractivity contribution in [1.29, 1.82) is 0 Å². The first-order chi connectivity index (χ1) is 5.66. The van der Waals surface area contributed by atoms with Gasteiger partial charge in [-0.15, -0.1) is 0 Å². The third-order valence-corrected chi connectivity index (χ3v) is 3.50. The number of rotatable bonds is 2. The molecule has 0 bridgehead atoms. The number of halogens is 1. The topological polar surface area (TPSA) is 20.3 Å². The van der Waals surface area contributed by atoms with Crippen LogP contribution in [-0.4, -0.2) is 28.2 Å². The van der Waals surface area contributed by atoms with Crippen LogP contribution in [0, 0.1) is 0 Å². The summed E-state index contributed by atoms with van der Waals surface area (Å²) < 4.78 is 0. The van der Waals surface area contributed by atoms with Crippen molar-refractivity contribution in [2.24, 2.45) is 0 Å². The molecule has 1 aliphatic heterocycles. The Morgan fingerprint density at radius 2 is 2.42 bits per heavy atom. The maximum atomic E-state index is 11.7. The van der Waals surface area contributed by atoms with Crippen LogP contribution < -0.4 is 0 Å². The molecular formula is C9H16BrNO. The molecule has 2 unspecified atom stereocenters. The lowest BCUT2D eigenvalue weighted by Gasteiger charge is -2.23. The SMILES string of the molecule is CCC(Br)C(=O)N1CCCC1C. The molecule has 12 heavy (non-hydrogen) atoms. The van der Waals surface area contributed by atoms with Gasteiger partial charge >= 0.3 is 0 Å². The third kappa shape index (κ3) is 2.00. The molecule has 0 radical (unpaired) electrons. The molecule has 3 heteroatoms. The number of carbonyl (C=O) groups is 1. The zero-order chi connectivity index (χ0) is 9.14. The van der Waals surface area contributed by atoms with Crippen molar-refractivity contribution in [2.45, 2.75) is 44.0 Å². The quantitative estimate of drug-likeness (QED) is 0.670. The fraction of sp³-hybridized carbons (Fsp3) is 0.889. The highest BCUT2D eigenvalue weighted by atomic mass is 79.9. The molecule has 0 saturated carbocycles. The van der Waals surface area contributed by atoms with E-state index in [1.807, 2.05) is 11.8 Å². The average Bonchev–Trinajstić information content (AvgIpc) is 2.48. The van der Waals surface area contributed by atoms with Crippen LogP contribution in [0.3, 0.4) is 0 Å². The van der Waals surface area contributed by atoms with Crippen LogP contribution in [0.1, 0.15) is 33.1 Å². The van der Waals surface area contributed by atoms with E-state index in [-0.39, 0.29) is 10.7 Å². The molecule has 1 amide bonds. The Balaban J connectivity index is 2.51. The third-order valence-electron chi connectivity index (χ3n) is 2.46. The Kier molecular flexibility index (Phi) is 3.56. The van der Waals surface area contributed by atoms with Crippen LogP contribution in [0.15, 0.2) is 0 Å². The highest BCUT2D eigenvalue weighted by Gasteiger charge is 2.28. The average molecular weight is 234 g/mol. The Labute approximate surface area is 82.4 Å². The summed E-state index contributed by atoms with van der Waals surface area (Å²) in [5, 5.41) is 0. The predicted molar refractivity (Wildman–Crippen MR) is 53.4 cm³/mol. The van der Waals surface area contributed by atoms with E-state index < -0.39 is 0 Å². The predicted octanol–water partition coefficient (Wildman–Crippen LogP) is 2.17. The maximum Gasteiger partial charge on any atom is 0.236 e. The molecule has 1 rings (SSSR count). The summed E-state index contributed by atoms with van der Waals surface area (Å²) in [6, 6.07) is 0.448. The lowest BCUT2D eigenvalue weighted by Crippen LogP contribution is -2.38. The van der Waals surface area contributed by atoms with E-state index in [4.69, 9.17) is 0 Å². The van der Waals surface area contributed by atoms with E-state index in [9.17, 15) is 4.79 Å². The lowest BCUT2D eigenvalue weighted by atomic mass is 10.2. The molecule has 0 aromatic heterocycles. The number of hydrogen-bond acceptors (Lipinski definition) is 1. The normalized spacial score (nSPS) is 25.9. The van der Waals surface area contributed by atoms with E-state index in [1.165, 1.54) is 0 Å². The Hall–Kier alpha value is -0.0500. The van der Waals surface area contributed by atoms with E-state index in [1.54, 1.807) is 0 Å². The summed E-state index contributed by atoms with van der Waals surface area (Å²) in [4.78, 5) is 13.7. The maximum absolute atomic E-state index is 11.7. The monoisotopic (exact) mass is 233 g/mol. The van der Waals surface area contributed by atoms with Crippen molar-refractivity contribution >= 4 is 21.8 Å². The van der Waals surface area contributed by atoms with E-state index in [2.05, 4.69) is 22.9 Å². The molecule has 0 spiro atoms. The van der Waals surface area contributed by atoms with E-state index in [0.717, 1.165) is 25.8 Å². The second kappa shape index (κ2) is 4.26. The molecule has 1 aliphatic rings. The first kappa shape index (κ1) is 10.0. The Morgan fingerprint density at radius 1 is 1.75 bits per heavy atom. The van der Waals surface area contributed by atoms with Gasteiger partial charge in [-0.3, -0.25) is 4.79 Å². The number of carbonyl (C=O) groups excluding carboxylic acids is 1. The molecule has 1 saturated heterocycles. The highest BCUT2D eigenvalue weighted by molar-refractivity contribution is 9.10. The molecular weight excluding hydrogens is 218 g/mol. The van der Waals surface area contributed by atoms with Crippen molar-refractivity contribution < 1.29 is 4.79 Å². The van der Waals surface area contributed by atoms with Crippen LogP contribution in [-0.2, 0) is 4.79 Å². The fourth-order valence-corrected chi connectivity index (χ4v) is 1.88. The summed E-state index contributed by atoms with van der Waals surface area (Å²) >= 11 is 3.39. The van der Waals surface area contributed by atoms with Gasteiger partial charge < -0.3 is 4.90 Å². The van der Waals surface area contributed by atoms with E-state index >= 15 is 0 Å². The lowest BCUT2D eigenvalue weighted by molar-refractivity contribution is -0.131. The molecule has 70 valence electrons. The van der Waals surface area contributed by atoms with Crippen LogP contribution >= 0.6 is 15.9 Å². The molecule has 1 fully saturated rings. The van der Waals surface area contributed by atoms with Crippen molar-refractivity contribution in [3.63, 3.8) is 0 Å². The first-order valence-corrected chi connectivity index (χ1v) is 5.53. The summed E-state index contributed by atoms with van der Waals surface area (Å²) in [5.74, 6) is 0.266. The summed E-state index contributed by atoms with van der Waals surface area (Å²) in [6.07, 6.45) is 3.20. The number of hydrogen-bond donors (Lipinski definition) is 0. The van der Waals surface area contributed by atoms with Gasteiger partial charge in [-0.2, -0.15) is 0 Å². The van der Waals surface area contributed by atoms with Gasteiger partial charge in [0.15, 0.2) is 0 Å². The zero-order valence-corrected chi connectivity index (χ0v) is 9.30. The standard InChI is InChI=1S/C9H16BrNO/c1-3-8(10)9(12)11-6-4-5-7(11)2/h7-8H,3-6H2,1-2H3. The second-order valence-electron chi connectivity index (χ2n) is 3.40. The minimum absolute atomic E-state index is 0.0260. The smallest absolute Gasteiger partial charge is 0.236 e. The molecule has 2 nitrogen and oxygen atoms in total. The molecule has 1 heterocycles. The number of alkyl halides is 1. The fourth-order valence-electron chi connectivity index (χ4n) is 1.62. The van der Waals surface area contributed by atoms with Gasteiger partial charge in [0.1, 0.15) is 0 Å². The van der Waals surface area contributed by atoms with E-state index in [0.29, 0.717) is 6.04 Å². The van der Waals surface area contributed by atoms with Gasteiger partial charge in [-0.05, 0) is 26.2 Å².